The lowest BCUT2D eigenvalue weighted by atomic mass is 9.98. The molecule has 1 aromatic rings. The van der Waals surface area contributed by atoms with Crippen molar-refractivity contribution < 1.29 is 8.42 Å². The molecule has 0 saturated heterocycles. The molecular formula is C14H23NO2S. The number of hydrogen-bond donors (Lipinski definition) is 1. The minimum atomic E-state index is -3.09. The predicted molar refractivity (Wildman–Crippen MR) is 75.3 cm³/mol. The molecule has 1 aromatic carbocycles. The van der Waals surface area contributed by atoms with E-state index in [-0.39, 0.29) is 5.75 Å². The molecule has 1 atom stereocenters. The van der Waals surface area contributed by atoms with Crippen LogP contribution >= 0.6 is 0 Å². The Morgan fingerprint density at radius 2 is 1.83 bits per heavy atom. The van der Waals surface area contributed by atoms with Crippen LogP contribution in [0.3, 0.4) is 0 Å². The highest BCUT2D eigenvalue weighted by atomic mass is 32.2. The summed E-state index contributed by atoms with van der Waals surface area (Å²) in [5, 5.41) is 0. The van der Waals surface area contributed by atoms with Crippen molar-refractivity contribution in [1.29, 1.82) is 0 Å². The fourth-order valence-electron chi connectivity index (χ4n) is 2.01. The van der Waals surface area contributed by atoms with Crippen LogP contribution in [0.5, 0.6) is 0 Å². The van der Waals surface area contributed by atoms with Gasteiger partial charge in [0.05, 0.1) is 10.6 Å². The summed E-state index contributed by atoms with van der Waals surface area (Å²) in [6.45, 7) is 4.74. The molecule has 1 rings (SSSR count). The molecule has 0 spiro atoms. The Labute approximate surface area is 110 Å². The highest BCUT2D eigenvalue weighted by Gasteiger charge is 2.12. The van der Waals surface area contributed by atoms with Crippen molar-refractivity contribution in [2.45, 2.75) is 38.0 Å². The van der Waals surface area contributed by atoms with E-state index < -0.39 is 9.84 Å². The van der Waals surface area contributed by atoms with Crippen LogP contribution in [0.4, 0.5) is 0 Å². The Hall–Kier alpha value is -0.870. The van der Waals surface area contributed by atoms with Gasteiger partial charge in [-0.25, -0.2) is 8.42 Å². The molecule has 0 aliphatic rings. The van der Waals surface area contributed by atoms with Crippen LogP contribution in [0, 0.1) is 5.92 Å². The van der Waals surface area contributed by atoms with E-state index >= 15 is 0 Å². The average Bonchev–Trinajstić information content (AvgIpc) is 2.30. The molecular weight excluding hydrogens is 246 g/mol. The van der Waals surface area contributed by atoms with Crippen LogP contribution in [0.25, 0.3) is 0 Å². The van der Waals surface area contributed by atoms with Gasteiger partial charge in [0.1, 0.15) is 0 Å². The van der Waals surface area contributed by atoms with Gasteiger partial charge >= 0.3 is 0 Å². The molecule has 0 saturated carbocycles. The summed E-state index contributed by atoms with van der Waals surface area (Å²) in [4.78, 5) is 0.430. The van der Waals surface area contributed by atoms with Gasteiger partial charge in [0, 0.05) is 0 Å². The van der Waals surface area contributed by atoms with Gasteiger partial charge in [-0.15, -0.1) is 0 Å². The first-order valence-electron chi connectivity index (χ1n) is 6.51. The standard InChI is InChI=1S/C14H23NO2S/c1-3-10-18(16,17)14-6-4-13(5-7-14)11-12(2)8-9-15/h4-7,12H,3,8-11,15H2,1-2H3. The Kier molecular flexibility index (Phi) is 5.82. The molecule has 18 heavy (non-hydrogen) atoms. The first-order chi connectivity index (χ1) is 8.49. The fraction of sp³-hybridized carbons (Fsp3) is 0.571. The molecule has 102 valence electrons. The van der Waals surface area contributed by atoms with E-state index in [0.717, 1.165) is 12.8 Å². The lowest BCUT2D eigenvalue weighted by molar-refractivity contribution is 0.538. The van der Waals surface area contributed by atoms with Crippen molar-refractivity contribution in [1.82, 2.24) is 0 Å². The Bertz CT molecular complexity index is 451. The third kappa shape index (κ3) is 4.42. The second-order valence-electron chi connectivity index (χ2n) is 4.85. The molecule has 2 N–H and O–H groups in total. The third-order valence-electron chi connectivity index (χ3n) is 3.00. The summed E-state index contributed by atoms with van der Waals surface area (Å²) >= 11 is 0. The third-order valence-corrected chi connectivity index (χ3v) is 4.94. The van der Waals surface area contributed by atoms with Gasteiger partial charge in [-0.3, -0.25) is 0 Å². The largest absolute Gasteiger partial charge is 0.330 e. The van der Waals surface area contributed by atoms with Crippen molar-refractivity contribution in [2.75, 3.05) is 12.3 Å². The van der Waals surface area contributed by atoms with Gasteiger partial charge in [0.15, 0.2) is 9.84 Å². The monoisotopic (exact) mass is 269 g/mol. The Morgan fingerprint density at radius 1 is 1.22 bits per heavy atom. The minimum Gasteiger partial charge on any atom is -0.330 e. The smallest absolute Gasteiger partial charge is 0.178 e. The van der Waals surface area contributed by atoms with Crippen LogP contribution in [0.15, 0.2) is 29.2 Å². The van der Waals surface area contributed by atoms with Crippen LogP contribution in [0.1, 0.15) is 32.3 Å². The van der Waals surface area contributed by atoms with Crippen molar-refractivity contribution in [3.05, 3.63) is 29.8 Å². The van der Waals surface area contributed by atoms with E-state index in [1.54, 1.807) is 12.1 Å². The maximum atomic E-state index is 11.9. The SMILES string of the molecule is CCCS(=O)(=O)c1ccc(CC(C)CCN)cc1. The zero-order valence-electron chi connectivity index (χ0n) is 11.2. The quantitative estimate of drug-likeness (QED) is 0.827. The zero-order valence-corrected chi connectivity index (χ0v) is 12.0. The first-order valence-corrected chi connectivity index (χ1v) is 8.16. The van der Waals surface area contributed by atoms with Gasteiger partial charge < -0.3 is 5.73 Å². The maximum absolute atomic E-state index is 11.9. The second kappa shape index (κ2) is 6.90. The van der Waals surface area contributed by atoms with E-state index in [1.165, 1.54) is 5.56 Å². The van der Waals surface area contributed by atoms with Gasteiger partial charge in [-0.05, 0) is 49.4 Å². The normalized spacial score (nSPS) is 13.5. The summed E-state index contributed by atoms with van der Waals surface area (Å²) < 4.78 is 23.7. The number of hydrogen-bond acceptors (Lipinski definition) is 3. The van der Waals surface area contributed by atoms with Crippen LogP contribution in [-0.4, -0.2) is 20.7 Å². The molecule has 4 heteroatoms. The zero-order chi connectivity index (χ0) is 13.6. The van der Waals surface area contributed by atoms with E-state index in [9.17, 15) is 8.42 Å². The molecule has 0 aliphatic carbocycles. The average molecular weight is 269 g/mol. The van der Waals surface area contributed by atoms with Crippen molar-refractivity contribution >= 4 is 9.84 Å². The summed E-state index contributed by atoms with van der Waals surface area (Å²) in [7, 11) is -3.09. The van der Waals surface area contributed by atoms with Crippen molar-refractivity contribution in [3.63, 3.8) is 0 Å². The Balaban J connectivity index is 2.74. The number of nitrogens with two attached hydrogens (primary N) is 1. The van der Waals surface area contributed by atoms with E-state index in [4.69, 9.17) is 5.73 Å². The maximum Gasteiger partial charge on any atom is 0.178 e. The van der Waals surface area contributed by atoms with E-state index in [1.807, 2.05) is 19.1 Å². The highest BCUT2D eigenvalue weighted by Crippen LogP contribution is 2.16. The molecule has 0 fully saturated rings. The second-order valence-corrected chi connectivity index (χ2v) is 6.96. The molecule has 0 radical (unpaired) electrons. The first kappa shape index (κ1) is 15.2. The summed E-state index contributed by atoms with van der Waals surface area (Å²) in [6.07, 6.45) is 2.60. The van der Waals surface area contributed by atoms with E-state index in [0.29, 0.717) is 23.8 Å². The lowest BCUT2D eigenvalue weighted by Gasteiger charge is -2.10. The molecule has 0 aliphatic heterocycles. The molecule has 3 nitrogen and oxygen atoms in total. The number of rotatable bonds is 7. The molecule has 1 unspecified atom stereocenters. The van der Waals surface area contributed by atoms with Crippen LogP contribution in [-0.2, 0) is 16.3 Å². The number of benzene rings is 1. The van der Waals surface area contributed by atoms with Gasteiger partial charge in [0.2, 0.25) is 0 Å². The number of sulfone groups is 1. The summed E-state index contributed by atoms with van der Waals surface area (Å²) in [5.74, 6) is 0.753. The predicted octanol–water partition coefficient (Wildman–Crippen LogP) is 2.40. The van der Waals surface area contributed by atoms with Crippen LogP contribution in [0.2, 0.25) is 0 Å². The molecule has 0 heterocycles. The lowest BCUT2D eigenvalue weighted by Crippen LogP contribution is -2.09. The summed E-state index contributed by atoms with van der Waals surface area (Å²) in [5.41, 5.74) is 6.69. The van der Waals surface area contributed by atoms with Crippen molar-refractivity contribution in [2.24, 2.45) is 11.7 Å². The highest BCUT2D eigenvalue weighted by molar-refractivity contribution is 7.91. The van der Waals surface area contributed by atoms with Crippen molar-refractivity contribution in [3.8, 4) is 0 Å². The topological polar surface area (TPSA) is 60.2 Å². The minimum absolute atomic E-state index is 0.218. The molecule has 0 amide bonds. The molecule has 0 aromatic heterocycles. The van der Waals surface area contributed by atoms with Gasteiger partial charge in [0.25, 0.3) is 0 Å². The molecule has 0 bridgehead atoms. The fourth-order valence-corrected chi connectivity index (χ4v) is 3.33. The summed E-state index contributed by atoms with van der Waals surface area (Å²) in [6, 6.07) is 7.26. The Morgan fingerprint density at radius 3 is 2.33 bits per heavy atom. The van der Waals surface area contributed by atoms with E-state index in [2.05, 4.69) is 6.92 Å². The van der Waals surface area contributed by atoms with Gasteiger partial charge in [-0.1, -0.05) is 26.0 Å². The van der Waals surface area contributed by atoms with Gasteiger partial charge in [-0.2, -0.15) is 0 Å². The van der Waals surface area contributed by atoms with Crippen LogP contribution < -0.4 is 5.73 Å².